The summed E-state index contributed by atoms with van der Waals surface area (Å²) in [7, 11) is -9.97. The van der Waals surface area contributed by atoms with E-state index in [1.165, 1.54) is 70.6 Å². The Morgan fingerprint density at radius 1 is 0.290 bits per heavy atom. The molecule has 0 amide bonds. The fraction of sp³-hybridized carbons (Fsp3) is 0.728. The number of esters is 4. The molecule has 3 N–H and O–H groups in total. The molecule has 0 heterocycles. The number of carbonyl (C=O) groups excluding carboxylic acids is 4. The first-order valence-corrected chi connectivity index (χ1v) is 42.1. The predicted octanol–water partition coefficient (Wildman–Crippen LogP) is 22.6. The molecule has 0 rings (SSSR count). The zero-order valence-corrected chi connectivity index (χ0v) is 64.6. The number of carbonyl (C=O) groups is 4. The number of unbranched alkanes of at least 4 members (excludes halogenated alkanes) is 29. The van der Waals surface area contributed by atoms with Gasteiger partial charge in [0.05, 0.1) is 26.4 Å². The third kappa shape index (κ3) is 72.1. The number of rotatable bonds is 73. The van der Waals surface area contributed by atoms with E-state index in [0.29, 0.717) is 25.7 Å². The summed E-state index contributed by atoms with van der Waals surface area (Å²) in [5.74, 6) is -2.25. The van der Waals surface area contributed by atoms with Crippen molar-refractivity contribution < 1.29 is 80.2 Å². The number of hydrogen-bond donors (Lipinski definition) is 3. The molecular weight excluding hydrogens is 1310 g/mol. The second-order valence-electron chi connectivity index (χ2n) is 25.9. The minimum Gasteiger partial charge on any atom is -0.462 e. The van der Waals surface area contributed by atoms with Gasteiger partial charge in [0.15, 0.2) is 12.2 Å². The second kappa shape index (κ2) is 73.0. The molecule has 5 atom stereocenters. The first-order chi connectivity index (χ1) is 48.7. The fourth-order valence-corrected chi connectivity index (χ4v) is 11.8. The number of hydrogen-bond acceptors (Lipinski definition) is 15. The van der Waals surface area contributed by atoms with Crippen molar-refractivity contribution in [3.8, 4) is 0 Å². The summed E-state index contributed by atoms with van der Waals surface area (Å²) in [5.41, 5.74) is 0. The number of phosphoric ester groups is 2. The Labute approximate surface area is 607 Å². The van der Waals surface area contributed by atoms with E-state index < -0.39 is 97.5 Å². The van der Waals surface area contributed by atoms with Crippen molar-refractivity contribution in [2.75, 3.05) is 39.6 Å². The molecule has 100 heavy (non-hydrogen) atoms. The molecule has 0 aromatic heterocycles. The smallest absolute Gasteiger partial charge is 0.462 e. The van der Waals surface area contributed by atoms with Crippen LogP contribution in [-0.4, -0.2) is 96.7 Å². The van der Waals surface area contributed by atoms with E-state index in [4.69, 9.17) is 37.0 Å². The Bertz CT molecular complexity index is 2320. The van der Waals surface area contributed by atoms with E-state index in [0.717, 1.165) is 173 Å². The quantitative estimate of drug-likeness (QED) is 0.0169. The van der Waals surface area contributed by atoms with Gasteiger partial charge in [0.2, 0.25) is 0 Å². The SMILES string of the molecule is CC/C=C\C/C=C\C/C=C\C/C=C\CCCCC(=O)OCC(COP(=O)(O)OCC(O)COP(=O)(O)OCC(COC(=O)CCCCCCCC/C=C\C/C=C\C/C=C\CCCCC)OC(=O)CCCCCCC/C=C\CCCC)OC(=O)CCCCCCC/C=C\CCCCCCCC. The van der Waals surface area contributed by atoms with Crippen LogP contribution in [0.5, 0.6) is 0 Å². The molecule has 0 saturated heterocycles. The van der Waals surface area contributed by atoms with Crippen LogP contribution in [0.4, 0.5) is 0 Å². The number of allylic oxidation sites excluding steroid dienone is 18. The first kappa shape index (κ1) is 95.7. The van der Waals surface area contributed by atoms with Crippen LogP contribution in [0.3, 0.4) is 0 Å². The van der Waals surface area contributed by atoms with E-state index in [-0.39, 0.29) is 25.7 Å². The molecule has 0 aliphatic carbocycles. The third-order valence-corrected chi connectivity index (χ3v) is 18.1. The summed E-state index contributed by atoms with van der Waals surface area (Å²) in [5, 5.41) is 10.6. The van der Waals surface area contributed by atoms with Crippen LogP contribution < -0.4 is 0 Å². The largest absolute Gasteiger partial charge is 0.472 e. The van der Waals surface area contributed by atoms with Gasteiger partial charge in [-0.3, -0.25) is 37.3 Å². The van der Waals surface area contributed by atoms with Gasteiger partial charge in [0.1, 0.15) is 19.3 Å². The summed E-state index contributed by atoms with van der Waals surface area (Å²) < 4.78 is 68.4. The highest BCUT2D eigenvalue weighted by Crippen LogP contribution is 2.45. The van der Waals surface area contributed by atoms with Crippen molar-refractivity contribution >= 4 is 39.5 Å². The van der Waals surface area contributed by atoms with Gasteiger partial charge in [0.25, 0.3) is 0 Å². The summed E-state index contributed by atoms with van der Waals surface area (Å²) in [6, 6.07) is 0. The molecule has 0 aromatic carbocycles. The van der Waals surface area contributed by atoms with Crippen molar-refractivity contribution in [2.45, 2.75) is 341 Å². The Morgan fingerprint density at radius 2 is 0.530 bits per heavy atom. The molecule has 576 valence electrons. The van der Waals surface area contributed by atoms with Crippen LogP contribution in [-0.2, 0) is 65.4 Å². The lowest BCUT2D eigenvalue weighted by molar-refractivity contribution is -0.161. The number of aliphatic hydroxyl groups excluding tert-OH is 1. The van der Waals surface area contributed by atoms with Gasteiger partial charge in [-0.1, -0.05) is 259 Å². The highest BCUT2D eigenvalue weighted by molar-refractivity contribution is 7.47. The summed E-state index contributed by atoms with van der Waals surface area (Å²) >= 11 is 0. The van der Waals surface area contributed by atoms with E-state index in [1.54, 1.807) is 0 Å². The van der Waals surface area contributed by atoms with Crippen LogP contribution in [0.15, 0.2) is 109 Å². The maximum absolute atomic E-state index is 13.1. The van der Waals surface area contributed by atoms with Crippen molar-refractivity contribution in [1.82, 2.24) is 0 Å². The lowest BCUT2D eigenvalue weighted by Crippen LogP contribution is -2.30. The first-order valence-electron chi connectivity index (χ1n) is 39.1. The molecule has 0 aromatic rings. The van der Waals surface area contributed by atoms with Crippen molar-refractivity contribution in [1.29, 1.82) is 0 Å². The molecule has 0 aliphatic rings. The van der Waals surface area contributed by atoms with Crippen LogP contribution in [0, 0.1) is 0 Å². The summed E-state index contributed by atoms with van der Waals surface area (Å²) in [6.45, 7) is 4.62. The molecule has 19 heteroatoms. The normalized spacial score (nSPS) is 14.5. The van der Waals surface area contributed by atoms with Gasteiger partial charge >= 0.3 is 39.5 Å². The van der Waals surface area contributed by atoms with Crippen LogP contribution in [0.1, 0.15) is 323 Å². The zero-order valence-electron chi connectivity index (χ0n) is 62.8. The average Bonchev–Trinajstić information content (AvgIpc) is 0.966. The number of aliphatic hydroxyl groups is 1. The third-order valence-electron chi connectivity index (χ3n) is 16.2. The Morgan fingerprint density at radius 3 is 0.880 bits per heavy atom. The maximum Gasteiger partial charge on any atom is 0.472 e. The molecule has 0 bridgehead atoms. The summed E-state index contributed by atoms with van der Waals surface area (Å²) in [4.78, 5) is 72.9. The van der Waals surface area contributed by atoms with Gasteiger partial charge in [-0.25, -0.2) is 9.13 Å². The monoisotopic (exact) mass is 1450 g/mol. The van der Waals surface area contributed by atoms with E-state index >= 15 is 0 Å². The molecular formula is C81H140O17P2. The van der Waals surface area contributed by atoms with Crippen LogP contribution in [0.2, 0.25) is 0 Å². The van der Waals surface area contributed by atoms with Gasteiger partial charge < -0.3 is 33.8 Å². The topological polar surface area (TPSA) is 237 Å². The molecule has 17 nitrogen and oxygen atoms in total. The molecule has 0 saturated carbocycles. The van der Waals surface area contributed by atoms with Gasteiger partial charge in [0, 0.05) is 25.7 Å². The van der Waals surface area contributed by atoms with E-state index in [1.807, 2.05) is 0 Å². The zero-order chi connectivity index (χ0) is 73.2. The molecule has 5 unspecified atom stereocenters. The predicted molar refractivity (Wildman–Crippen MR) is 408 cm³/mol. The average molecular weight is 1450 g/mol. The molecule has 0 fully saturated rings. The van der Waals surface area contributed by atoms with Gasteiger partial charge in [-0.2, -0.15) is 0 Å². The van der Waals surface area contributed by atoms with Gasteiger partial charge in [-0.05, 0) is 148 Å². The molecule has 0 aliphatic heterocycles. The molecule has 0 spiro atoms. The standard InChI is InChI=1S/C81H140O17P2/c1-5-9-13-17-21-25-29-32-35-36-37-38-41-43-47-50-54-58-62-66-79(84)91-71-76(97-80(85)67-63-59-55-51-45-28-24-20-16-12-8-4)73-95-99(87,88)93-69-75(82)70-94-100(89,90)96-74-77(98-81(86)68-64-60-56-52-48-44-40-34-31-27-23-19-15-11-7-3)72-92-78(83)65-61-57-53-49-46-42-39-33-30-26-22-18-14-10-6-2/h10,14,20-22,24-26,32-35,37-40,46,49,75-77,82H,5-9,11-13,15-19,23,27-31,36,41-45,47-48,50-74H2,1-4H3,(H,87,88)(H,89,90)/b14-10-,24-20-,25-21-,26-22-,35-32-,38-37-,39-33-,40-34-,49-46-. The Kier molecular flexibility index (Phi) is 69.9. The number of phosphoric acid groups is 2. The van der Waals surface area contributed by atoms with Crippen molar-refractivity contribution in [3.63, 3.8) is 0 Å². The van der Waals surface area contributed by atoms with E-state index in [2.05, 4.69) is 137 Å². The summed E-state index contributed by atoms with van der Waals surface area (Å²) in [6.07, 6.45) is 77.9. The fourth-order valence-electron chi connectivity index (χ4n) is 10.2. The van der Waals surface area contributed by atoms with Crippen LogP contribution >= 0.6 is 15.6 Å². The van der Waals surface area contributed by atoms with Crippen LogP contribution in [0.25, 0.3) is 0 Å². The number of ether oxygens (including phenoxy) is 4. The maximum atomic E-state index is 13.1. The second-order valence-corrected chi connectivity index (χ2v) is 28.8. The van der Waals surface area contributed by atoms with Crippen molar-refractivity contribution in [3.05, 3.63) is 109 Å². The Hall–Kier alpha value is -4.28. The lowest BCUT2D eigenvalue weighted by atomic mass is 10.1. The molecule has 0 radical (unpaired) electrons. The lowest BCUT2D eigenvalue weighted by Gasteiger charge is -2.21. The van der Waals surface area contributed by atoms with Crippen molar-refractivity contribution in [2.24, 2.45) is 0 Å². The highest BCUT2D eigenvalue weighted by atomic mass is 31.2. The van der Waals surface area contributed by atoms with Gasteiger partial charge in [-0.15, -0.1) is 0 Å². The Balaban J connectivity index is 5.35. The minimum absolute atomic E-state index is 0.0751. The minimum atomic E-state index is -4.99. The highest BCUT2D eigenvalue weighted by Gasteiger charge is 2.30. The van der Waals surface area contributed by atoms with E-state index in [9.17, 15) is 43.2 Å².